The third-order valence-electron chi connectivity index (χ3n) is 5.50. The number of aliphatic carboxylic acids is 1. The van der Waals surface area contributed by atoms with Crippen LogP contribution in [0.3, 0.4) is 0 Å². The number of carboxylic acids is 1. The van der Waals surface area contributed by atoms with Gasteiger partial charge in [0.2, 0.25) is 0 Å². The van der Waals surface area contributed by atoms with Crippen molar-refractivity contribution in [1.29, 1.82) is 0 Å². The molecule has 1 heterocycles. The molecule has 12 heteroatoms. The standard InChI is InChI=1S/C22H25N3O6S3/c26-18(27)11-12-32-19-13-23-22(33-19)24-21(28)20(25-31-15-3-1-2-4-15)14-5-7-16(8-6-14)34(29,30)17-9-10-17/h5-8,13,15,17H,1-4,9-12H2,(H,26,27)(H,23,24,28). The quantitative estimate of drug-likeness (QED) is 0.257. The van der Waals surface area contributed by atoms with Gasteiger partial charge >= 0.3 is 5.97 Å². The second-order valence-electron chi connectivity index (χ2n) is 8.15. The monoisotopic (exact) mass is 523 g/mol. The summed E-state index contributed by atoms with van der Waals surface area (Å²) in [6.45, 7) is 0. The highest BCUT2D eigenvalue weighted by Gasteiger charge is 2.36. The molecule has 1 aromatic heterocycles. The lowest BCUT2D eigenvalue weighted by atomic mass is 10.1. The topological polar surface area (TPSA) is 135 Å². The van der Waals surface area contributed by atoms with Crippen LogP contribution in [0.15, 0.2) is 44.7 Å². The van der Waals surface area contributed by atoms with Gasteiger partial charge in [-0.1, -0.05) is 28.6 Å². The molecule has 1 aromatic carbocycles. The van der Waals surface area contributed by atoms with Gasteiger partial charge in [-0.2, -0.15) is 0 Å². The zero-order valence-corrected chi connectivity index (χ0v) is 20.8. The van der Waals surface area contributed by atoms with Gasteiger partial charge in [0.15, 0.2) is 20.7 Å². The molecule has 0 spiro atoms. The van der Waals surface area contributed by atoms with Crippen LogP contribution in [-0.2, 0) is 24.3 Å². The highest BCUT2D eigenvalue weighted by Crippen LogP contribution is 2.33. The van der Waals surface area contributed by atoms with Crippen LogP contribution in [0.4, 0.5) is 5.13 Å². The third kappa shape index (κ3) is 6.36. The van der Waals surface area contributed by atoms with E-state index in [0.717, 1.165) is 29.9 Å². The number of benzene rings is 1. The van der Waals surface area contributed by atoms with Crippen LogP contribution in [0, 0.1) is 0 Å². The summed E-state index contributed by atoms with van der Waals surface area (Å²) in [6.07, 6.45) is 6.78. The molecule has 1 amide bonds. The lowest BCUT2D eigenvalue weighted by Crippen LogP contribution is -2.25. The molecule has 34 heavy (non-hydrogen) atoms. The number of thioether (sulfide) groups is 1. The van der Waals surface area contributed by atoms with Gasteiger partial charge in [-0.3, -0.25) is 14.9 Å². The van der Waals surface area contributed by atoms with E-state index >= 15 is 0 Å². The number of carbonyl (C=O) groups is 2. The van der Waals surface area contributed by atoms with Gasteiger partial charge in [-0.05, 0) is 50.7 Å². The Kier molecular flexibility index (Phi) is 7.89. The Morgan fingerprint density at radius 2 is 1.88 bits per heavy atom. The minimum Gasteiger partial charge on any atom is -0.481 e. The molecule has 9 nitrogen and oxygen atoms in total. The molecule has 0 aliphatic heterocycles. The van der Waals surface area contributed by atoms with Gasteiger partial charge < -0.3 is 9.94 Å². The molecule has 182 valence electrons. The molecule has 2 aliphatic rings. The van der Waals surface area contributed by atoms with Gasteiger partial charge in [-0.15, -0.1) is 11.8 Å². The fourth-order valence-corrected chi connectivity index (χ4v) is 7.03. The molecule has 2 saturated carbocycles. The SMILES string of the molecule is O=C(O)CCSc1cnc(NC(=O)C(=NOC2CCCC2)c2ccc(S(=O)(=O)C3CC3)cc2)s1. The highest BCUT2D eigenvalue weighted by molar-refractivity contribution is 8.01. The van der Waals surface area contributed by atoms with Crippen LogP contribution < -0.4 is 5.32 Å². The number of anilines is 1. The van der Waals surface area contributed by atoms with Crippen molar-refractivity contribution in [2.24, 2.45) is 5.16 Å². The number of carboxylic acid groups (broad SMARTS) is 1. The Morgan fingerprint density at radius 3 is 2.53 bits per heavy atom. The largest absolute Gasteiger partial charge is 0.481 e. The van der Waals surface area contributed by atoms with E-state index in [4.69, 9.17) is 9.94 Å². The molecule has 4 rings (SSSR count). The number of oxime groups is 1. The van der Waals surface area contributed by atoms with Gasteiger partial charge in [0, 0.05) is 11.3 Å². The Balaban J connectivity index is 1.49. The Morgan fingerprint density at radius 1 is 1.18 bits per heavy atom. The van der Waals surface area contributed by atoms with Gasteiger partial charge in [0.25, 0.3) is 5.91 Å². The Bertz CT molecular complexity index is 1170. The summed E-state index contributed by atoms with van der Waals surface area (Å²) in [7, 11) is -3.33. The Labute approximate surface area is 205 Å². The first-order valence-electron chi connectivity index (χ1n) is 11.0. The smallest absolute Gasteiger partial charge is 0.304 e. The first kappa shape index (κ1) is 24.7. The van der Waals surface area contributed by atoms with Crippen molar-refractivity contribution in [3.8, 4) is 0 Å². The zero-order valence-electron chi connectivity index (χ0n) is 18.3. The predicted octanol–water partition coefficient (Wildman–Crippen LogP) is 3.95. The van der Waals surface area contributed by atoms with E-state index in [9.17, 15) is 18.0 Å². The molecule has 2 N–H and O–H groups in total. The van der Waals surface area contributed by atoms with Gasteiger partial charge in [0.05, 0.1) is 27.0 Å². The maximum atomic E-state index is 13.1. The summed E-state index contributed by atoms with van der Waals surface area (Å²) in [5, 5.41) is 15.7. The van der Waals surface area contributed by atoms with Crippen molar-refractivity contribution in [3.05, 3.63) is 36.0 Å². The fourth-order valence-electron chi connectivity index (χ4n) is 3.50. The van der Waals surface area contributed by atoms with Crippen molar-refractivity contribution in [2.45, 2.75) is 65.4 Å². The first-order chi connectivity index (χ1) is 16.3. The minimum atomic E-state index is -3.33. The Hall–Kier alpha value is -2.44. The number of thiazole rings is 1. The van der Waals surface area contributed by atoms with Gasteiger partial charge in [-0.25, -0.2) is 13.4 Å². The van der Waals surface area contributed by atoms with Crippen LogP contribution in [0.2, 0.25) is 0 Å². The number of nitrogens with zero attached hydrogens (tertiary/aromatic N) is 2. The lowest BCUT2D eigenvalue weighted by molar-refractivity contribution is -0.136. The van der Waals surface area contributed by atoms with Crippen molar-refractivity contribution in [1.82, 2.24) is 4.98 Å². The van der Waals surface area contributed by atoms with E-state index < -0.39 is 21.7 Å². The van der Waals surface area contributed by atoms with E-state index in [1.54, 1.807) is 18.3 Å². The van der Waals surface area contributed by atoms with E-state index in [1.807, 2.05) is 0 Å². The maximum Gasteiger partial charge on any atom is 0.304 e. The molecule has 0 saturated heterocycles. The van der Waals surface area contributed by atoms with E-state index in [0.29, 0.717) is 29.3 Å². The predicted molar refractivity (Wildman–Crippen MR) is 130 cm³/mol. The summed E-state index contributed by atoms with van der Waals surface area (Å²) >= 11 is 2.59. The number of hydrogen-bond donors (Lipinski definition) is 2. The molecule has 2 fully saturated rings. The third-order valence-corrected chi connectivity index (χ3v) is 9.88. The van der Waals surface area contributed by atoms with E-state index in [-0.39, 0.29) is 28.4 Å². The average molecular weight is 524 g/mol. The molecular weight excluding hydrogens is 498 g/mol. The first-order valence-corrected chi connectivity index (χ1v) is 14.4. The number of rotatable bonds is 11. The van der Waals surface area contributed by atoms with Gasteiger partial charge in [0.1, 0.15) is 6.10 Å². The van der Waals surface area contributed by atoms with Crippen LogP contribution in [-0.4, -0.2) is 53.2 Å². The van der Waals surface area contributed by atoms with E-state index in [1.165, 1.54) is 35.2 Å². The van der Waals surface area contributed by atoms with Crippen molar-refractivity contribution in [3.63, 3.8) is 0 Å². The number of hydrogen-bond acceptors (Lipinski definition) is 9. The summed E-state index contributed by atoms with van der Waals surface area (Å²) in [5.74, 6) is -0.986. The molecule has 2 aliphatic carbocycles. The number of amides is 1. The number of aromatic nitrogens is 1. The summed E-state index contributed by atoms with van der Waals surface area (Å²) in [4.78, 5) is 33.8. The average Bonchev–Trinajstić information content (AvgIpc) is 3.38. The molecule has 0 unspecified atom stereocenters. The van der Waals surface area contributed by atoms with E-state index in [2.05, 4.69) is 15.5 Å². The number of sulfone groups is 1. The highest BCUT2D eigenvalue weighted by atomic mass is 32.2. The van der Waals surface area contributed by atoms with Crippen molar-refractivity contribution >= 4 is 55.7 Å². The van der Waals surface area contributed by atoms with Crippen LogP contribution in [0.1, 0.15) is 50.5 Å². The fraction of sp³-hybridized carbons (Fsp3) is 0.455. The summed E-state index contributed by atoms with van der Waals surface area (Å²) < 4.78 is 25.8. The van der Waals surface area contributed by atoms with Crippen molar-refractivity contribution in [2.75, 3.05) is 11.1 Å². The van der Waals surface area contributed by atoms with Crippen LogP contribution in [0.25, 0.3) is 0 Å². The molecular formula is C22H25N3O6S3. The normalized spacial score (nSPS) is 17.0. The van der Waals surface area contributed by atoms with Crippen LogP contribution >= 0.6 is 23.1 Å². The summed E-state index contributed by atoms with van der Waals surface area (Å²) in [5.41, 5.74) is 0.482. The number of carbonyl (C=O) groups excluding carboxylic acids is 1. The summed E-state index contributed by atoms with van der Waals surface area (Å²) in [6, 6.07) is 6.14. The van der Waals surface area contributed by atoms with Crippen molar-refractivity contribution < 1.29 is 28.0 Å². The zero-order chi connectivity index (χ0) is 24.1. The number of nitrogens with one attached hydrogen (secondary N) is 1. The second kappa shape index (κ2) is 10.9. The molecule has 0 atom stereocenters. The lowest BCUT2D eigenvalue weighted by Gasteiger charge is -2.11. The minimum absolute atomic E-state index is 0.0338. The maximum absolute atomic E-state index is 13.1. The molecule has 0 bridgehead atoms. The molecule has 0 radical (unpaired) electrons. The second-order valence-corrected chi connectivity index (χ2v) is 12.8. The van der Waals surface area contributed by atoms with Crippen LogP contribution in [0.5, 0.6) is 0 Å². The molecule has 2 aromatic rings.